The summed E-state index contributed by atoms with van der Waals surface area (Å²) in [5.74, 6) is 0.171. The molecule has 1 unspecified atom stereocenters. The Bertz CT molecular complexity index is 861. The molecule has 0 fully saturated rings. The maximum atomic E-state index is 12.5. The van der Waals surface area contributed by atoms with Gasteiger partial charge in [-0.1, -0.05) is 26.8 Å². The number of nitrogens with one attached hydrogen (secondary N) is 2. The van der Waals surface area contributed by atoms with Gasteiger partial charge in [0.05, 0.1) is 25.8 Å². The Balaban J connectivity index is 2.28. The number of carbonyl (C=O) groups excluding carboxylic acids is 3. The second-order valence-electron chi connectivity index (χ2n) is 7.35. The molecule has 1 aliphatic heterocycles. The van der Waals surface area contributed by atoms with Crippen molar-refractivity contribution in [3.63, 3.8) is 0 Å². The van der Waals surface area contributed by atoms with Crippen molar-refractivity contribution in [2.75, 3.05) is 33.9 Å². The number of rotatable bonds is 11. The van der Waals surface area contributed by atoms with Gasteiger partial charge in [-0.2, -0.15) is 0 Å². The maximum absolute atomic E-state index is 12.5. The van der Waals surface area contributed by atoms with Crippen LogP contribution in [0.2, 0.25) is 0 Å². The summed E-state index contributed by atoms with van der Waals surface area (Å²) in [5.41, 5.74) is 1.46. The van der Waals surface area contributed by atoms with E-state index in [0.29, 0.717) is 47.8 Å². The monoisotopic (exact) mass is 447 g/mol. The normalized spacial score (nSPS) is 15.5. The van der Waals surface area contributed by atoms with Gasteiger partial charge in [0.15, 0.2) is 18.1 Å². The number of nitrogens with zero attached hydrogens (tertiary/aromatic N) is 1. The molecule has 9 heteroatoms. The van der Waals surface area contributed by atoms with Gasteiger partial charge in [-0.3, -0.25) is 4.79 Å². The van der Waals surface area contributed by atoms with Gasteiger partial charge < -0.3 is 29.7 Å². The molecular weight excluding hydrogens is 414 g/mol. The van der Waals surface area contributed by atoms with Crippen molar-refractivity contribution in [3.05, 3.63) is 35.0 Å². The van der Waals surface area contributed by atoms with Crippen molar-refractivity contribution < 1.29 is 28.6 Å². The standard InChI is InChI=1S/C23H33N3O6/c1-6-11-26(12-7-2)19(27)14-32-17-10-9-15(13-18(17)30-4)21-20(22(28)31-5)16(8-3)24-23(29)25-21/h9-10,13,21H,6-8,11-12,14H2,1-5H3,(H2,24,25,29). The highest BCUT2D eigenvalue weighted by Crippen LogP contribution is 2.35. The summed E-state index contributed by atoms with van der Waals surface area (Å²) < 4.78 is 16.1. The first kappa shape index (κ1) is 25.0. The number of allylic oxidation sites excluding steroid dienone is 1. The van der Waals surface area contributed by atoms with E-state index in [1.807, 2.05) is 20.8 Å². The number of benzene rings is 1. The third-order valence-corrected chi connectivity index (χ3v) is 5.12. The van der Waals surface area contributed by atoms with E-state index in [9.17, 15) is 14.4 Å². The molecule has 0 radical (unpaired) electrons. The zero-order chi connectivity index (χ0) is 23.7. The highest BCUT2D eigenvalue weighted by atomic mass is 16.5. The molecule has 3 amide bonds. The number of carbonyl (C=O) groups is 3. The summed E-state index contributed by atoms with van der Waals surface area (Å²) in [6.07, 6.45) is 2.21. The van der Waals surface area contributed by atoms with E-state index in [1.165, 1.54) is 14.2 Å². The lowest BCUT2D eigenvalue weighted by Crippen LogP contribution is -2.45. The van der Waals surface area contributed by atoms with Crippen molar-refractivity contribution in [2.45, 2.75) is 46.1 Å². The van der Waals surface area contributed by atoms with E-state index >= 15 is 0 Å². The van der Waals surface area contributed by atoms with Crippen molar-refractivity contribution in [3.8, 4) is 11.5 Å². The Labute approximate surface area is 189 Å². The van der Waals surface area contributed by atoms with E-state index in [1.54, 1.807) is 23.1 Å². The van der Waals surface area contributed by atoms with Crippen LogP contribution in [0.1, 0.15) is 51.6 Å². The van der Waals surface area contributed by atoms with Crippen LogP contribution in [0.25, 0.3) is 0 Å². The highest BCUT2D eigenvalue weighted by molar-refractivity contribution is 5.95. The molecule has 1 atom stereocenters. The smallest absolute Gasteiger partial charge is 0.337 e. The predicted octanol–water partition coefficient (Wildman–Crippen LogP) is 2.91. The molecule has 2 rings (SSSR count). The second-order valence-corrected chi connectivity index (χ2v) is 7.35. The molecule has 0 spiro atoms. The van der Waals surface area contributed by atoms with Gasteiger partial charge in [0, 0.05) is 18.8 Å². The van der Waals surface area contributed by atoms with E-state index in [2.05, 4.69) is 10.6 Å². The van der Waals surface area contributed by atoms with Gasteiger partial charge in [0.2, 0.25) is 0 Å². The lowest BCUT2D eigenvalue weighted by atomic mass is 9.94. The number of methoxy groups -OCH3 is 2. The zero-order valence-electron chi connectivity index (χ0n) is 19.4. The number of amides is 3. The van der Waals surface area contributed by atoms with Crippen LogP contribution in [-0.2, 0) is 14.3 Å². The molecule has 32 heavy (non-hydrogen) atoms. The number of hydrogen-bond acceptors (Lipinski definition) is 6. The summed E-state index contributed by atoms with van der Waals surface area (Å²) in [6.45, 7) is 7.16. The van der Waals surface area contributed by atoms with E-state index in [-0.39, 0.29) is 12.5 Å². The average Bonchev–Trinajstić information content (AvgIpc) is 2.81. The fourth-order valence-electron chi connectivity index (χ4n) is 3.61. The number of hydrogen-bond donors (Lipinski definition) is 2. The van der Waals surface area contributed by atoms with Crippen molar-refractivity contribution in [1.29, 1.82) is 0 Å². The maximum Gasteiger partial charge on any atom is 0.337 e. The average molecular weight is 448 g/mol. The Morgan fingerprint density at radius 2 is 1.75 bits per heavy atom. The summed E-state index contributed by atoms with van der Waals surface area (Å²) >= 11 is 0. The zero-order valence-corrected chi connectivity index (χ0v) is 19.4. The van der Waals surface area contributed by atoms with Gasteiger partial charge in [-0.25, -0.2) is 9.59 Å². The van der Waals surface area contributed by atoms with Gasteiger partial charge in [0.1, 0.15) is 0 Å². The molecule has 2 N–H and O–H groups in total. The van der Waals surface area contributed by atoms with Crippen LogP contribution in [0.4, 0.5) is 4.79 Å². The molecule has 0 saturated heterocycles. The van der Waals surface area contributed by atoms with Gasteiger partial charge in [-0.15, -0.1) is 0 Å². The van der Waals surface area contributed by atoms with E-state index in [0.717, 1.165) is 12.8 Å². The summed E-state index contributed by atoms with van der Waals surface area (Å²) in [6, 6.07) is 3.96. The van der Waals surface area contributed by atoms with Crippen LogP contribution in [0.5, 0.6) is 11.5 Å². The first-order valence-electron chi connectivity index (χ1n) is 10.9. The van der Waals surface area contributed by atoms with Crippen LogP contribution in [0, 0.1) is 0 Å². The minimum atomic E-state index is -0.708. The van der Waals surface area contributed by atoms with E-state index in [4.69, 9.17) is 14.2 Å². The predicted molar refractivity (Wildman–Crippen MR) is 119 cm³/mol. The fraction of sp³-hybridized carbons (Fsp3) is 0.522. The molecular formula is C23H33N3O6. The van der Waals surface area contributed by atoms with Crippen LogP contribution < -0.4 is 20.1 Å². The lowest BCUT2D eigenvalue weighted by Gasteiger charge is -2.29. The number of ether oxygens (including phenoxy) is 3. The molecule has 1 heterocycles. The van der Waals surface area contributed by atoms with Crippen LogP contribution in [0.15, 0.2) is 29.5 Å². The molecule has 0 aliphatic carbocycles. The molecule has 0 bridgehead atoms. The Hall–Kier alpha value is -3.23. The summed E-state index contributed by atoms with van der Waals surface area (Å²) in [4.78, 5) is 38.9. The third-order valence-electron chi connectivity index (χ3n) is 5.12. The van der Waals surface area contributed by atoms with Crippen molar-refractivity contribution in [2.24, 2.45) is 0 Å². The lowest BCUT2D eigenvalue weighted by molar-refractivity contribution is -0.136. The van der Waals surface area contributed by atoms with Crippen molar-refractivity contribution in [1.82, 2.24) is 15.5 Å². The minimum absolute atomic E-state index is 0.0889. The summed E-state index contributed by atoms with van der Waals surface area (Å²) in [5, 5.41) is 5.43. The van der Waals surface area contributed by atoms with Crippen LogP contribution in [-0.4, -0.2) is 56.7 Å². The molecule has 0 saturated carbocycles. The molecule has 0 aromatic heterocycles. The van der Waals surface area contributed by atoms with Gasteiger partial charge >= 0.3 is 12.0 Å². The fourth-order valence-corrected chi connectivity index (χ4v) is 3.61. The highest BCUT2D eigenvalue weighted by Gasteiger charge is 2.33. The number of urea groups is 1. The van der Waals surface area contributed by atoms with Crippen LogP contribution >= 0.6 is 0 Å². The van der Waals surface area contributed by atoms with Crippen molar-refractivity contribution >= 4 is 17.9 Å². The molecule has 1 aromatic rings. The van der Waals surface area contributed by atoms with Crippen LogP contribution in [0.3, 0.4) is 0 Å². The SMILES string of the molecule is CCCN(CCC)C(=O)COc1ccc(C2NC(=O)NC(CC)=C2C(=O)OC)cc1OC. The molecule has 1 aromatic carbocycles. The molecule has 9 nitrogen and oxygen atoms in total. The quantitative estimate of drug-likeness (QED) is 0.505. The van der Waals surface area contributed by atoms with E-state index < -0.39 is 18.0 Å². The molecule has 176 valence electrons. The topological polar surface area (TPSA) is 106 Å². The largest absolute Gasteiger partial charge is 0.493 e. The third kappa shape index (κ3) is 5.93. The first-order chi connectivity index (χ1) is 15.4. The number of esters is 1. The van der Waals surface area contributed by atoms with Gasteiger partial charge in [0.25, 0.3) is 5.91 Å². The first-order valence-corrected chi connectivity index (χ1v) is 10.9. The Morgan fingerprint density at radius 1 is 1.06 bits per heavy atom. The Kier molecular flexibility index (Phi) is 9.37. The Morgan fingerprint density at radius 3 is 2.31 bits per heavy atom. The minimum Gasteiger partial charge on any atom is -0.493 e. The second kappa shape index (κ2) is 12.0. The molecule has 1 aliphatic rings. The van der Waals surface area contributed by atoms with Gasteiger partial charge in [-0.05, 0) is 37.0 Å². The summed E-state index contributed by atoms with van der Waals surface area (Å²) in [7, 11) is 2.79.